The van der Waals surface area contributed by atoms with Gasteiger partial charge in [0.05, 0.1) is 0 Å². The third kappa shape index (κ3) is 2.55. The van der Waals surface area contributed by atoms with Gasteiger partial charge in [-0.3, -0.25) is 4.79 Å². The summed E-state index contributed by atoms with van der Waals surface area (Å²) in [5.74, 6) is -0.512. The van der Waals surface area contributed by atoms with E-state index in [-0.39, 0.29) is 5.92 Å². The van der Waals surface area contributed by atoms with Crippen LogP contribution < -0.4 is 0 Å². The maximum atomic E-state index is 11.9. The fourth-order valence-electron chi connectivity index (χ4n) is 1.81. The van der Waals surface area contributed by atoms with E-state index in [2.05, 4.69) is 6.92 Å². The van der Waals surface area contributed by atoms with Gasteiger partial charge >= 0.3 is 5.97 Å². The van der Waals surface area contributed by atoms with Gasteiger partial charge in [-0.15, -0.1) is 0 Å². The molecule has 1 N–H and O–H groups in total. The molecular weight excluding hydrogens is 230 g/mol. The van der Waals surface area contributed by atoms with Crippen molar-refractivity contribution in [3.63, 3.8) is 0 Å². The second kappa shape index (κ2) is 4.71. The first-order valence-electron chi connectivity index (χ1n) is 5.48. The fourth-order valence-corrected chi connectivity index (χ4v) is 3.31. The molecule has 0 spiro atoms. The van der Waals surface area contributed by atoms with E-state index in [1.165, 1.54) is 11.2 Å². The second-order valence-corrected chi connectivity index (χ2v) is 6.88. The lowest BCUT2D eigenvalue weighted by molar-refractivity contribution is -0.136. The molecule has 94 valence electrons. The smallest absolute Gasteiger partial charge is 0.323 e. The van der Waals surface area contributed by atoms with Crippen LogP contribution in [0.2, 0.25) is 0 Å². The minimum absolute atomic E-state index is 0.282. The number of carbonyl (C=O) groups is 1. The number of rotatable bonds is 3. The van der Waals surface area contributed by atoms with Crippen molar-refractivity contribution < 1.29 is 18.3 Å². The summed E-state index contributed by atoms with van der Waals surface area (Å²) in [6, 6.07) is 0. The predicted molar refractivity (Wildman–Crippen MR) is 60.5 cm³/mol. The molecular formula is C10H19NO4S. The largest absolute Gasteiger partial charge is 0.480 e. The molecule has 1 saturated heterocycles. The van der Waals surface area contributed by atoms with E-state index < -0.39 is 21.2 Å². The number of hydrogen-bond acceptors (Lipinski definition) is 3. The van der Waals surface area contributed by atoms with Crippen LogP contribution in [0.25, 0.3) is 0 Å². The van der Waals surface area contributed by atoms with Gasteiger partial charge in [-0.05, 0) is 25.2 Å². The van der Waals surface area contributed by atoms with Crippen LogP contribution in [-0.4, -0.2) is 42.1 Å². The molecule has 1 rings (SSSR count). The van der Waals surface area contributed by atoms with Gasteiger partial charge < -0.3 is 5.11 Å². The highest BCUT2D eigenvalue weighted by molar-refractivity contribution is 7.90. The molecule has 0 aromatic rings. The first kappa shape index (κ1) is 13.4. The molecule has 1 aliphatic heterocycles. The Morgan fingerprint density at radius 3 is 2.38 bits per heavy atom. The summed E-state index contributed by atoms with van der Waals surface area (Å²) in [6.45, 7) is 6.18. The third-order valence-electron chi connectivity index (χ3n) is 3.45. The van der Waals surface area contributed by atoms with Gasteiger partial charge in [0.2, 0.25) is 10.0 Å². The van der Waals surface area contributed by atoms with E-state index in [1.54, 1.807) is 0 Å². The summed E-state index contributed by atoms with van der Waals surface area (Å²) in [6.07, 6.45) is 0.798. The van der Waals surface area contributed by atoms with E-state index in [0.29, 0.717) is 19.0 Å². The Kier molecular flexibility index (Phi) is 3.96. The van der Waals surface area contributed by atoms with Gasteiger partial charge in [0, 0.05) is 13.1 Å². The molecule has 6 heteroatoms. The molecule has 0 amide bonds. The van der Waals surface area contributed by atoms with Gasteiger partial charge in [0.1, 0.15) is 0 Å². The van der Waals surface area contributed by atoms with Gasteiger partial charge in [-0.2, -0.15) is 0 Å². The molecule has 0 bridgehead atoms. The van der Waals surface area contributed by atoms with Crippen molar-refractivity contribution in [3.05, 3.63) is 0 Å². The van der Waals surface area contributed by atoms with Gasteiger partial charge in [-0.1, -0.05) is 13.8 Å². The molecule has 0 aromatic heterocycles. The number of carboxylic acid groups (broad SMARTS) is 1. The zero-order valence-electron chi connectivity index (χ0n) is 9.88. The molecule has 0 aromatic carbocycles. The summed E-state index contributed by atoms with van der Waals surface area (Å²) in [5, 5.41) is 7.41. The molecule has 5 nitrogen and oxygen atoms in total. The minimum atomic E-state index is -3.68. The third-order valence-corrected chi connectivity index (χ3v) is 5.60. The highest BCUT2D eigenvalue weighted by Gasteiger charge is 2.37. The van der Waals surface area contributed by atoms with E-state index in [0.717, 1.165) is 6.42 Å². The summed E-state index contributed by atoms with van der Waals surface area (Å²) >= 11 is 0. The topological polar surface area (TPSA) is 74.7 Å². The average Bonchev–Trinajstić information content (AvgIpc) is 2.20. The number of sulfonamides is 1. The Morgan fingerprint density at radius 1 is 1.38 bits per heavy atom. The first-order chi connectivity index (χ1) is 7.26. The zero-order chi connectivity index (χ0) is 12.5. The van der Waals surface area contributed by atoms with Crippen LogP contribution in [0, 0.1) is 11.8 Å². The highest BCUT2D eigenvalue weighted by atomic mass is 32.2. The molecule has 0 saturated carbocycles. The molecule has 0 radical (unpaired) electrons. The first-order valence-corrected chi connectivity index (χ1v) is 6.99. The SMILES string of the molecule is CC1CCN(S(=O)(=O)C(C)C(=O)O)CC1C. The Morgan fingerprint density at radius 2 is 1.94 bits per heavy atom. The maximum absolute atomic E-state index is 11.9. The van der Waals surface area contributed by atoms with Crippen molar-refractivity contribution in [1.82, 2.24) is 4.31 Å². The van der Waals surface area contributed by atoms with Crippen molar-refractivity contribution in [1.29, 1.82) is 0 Å². The summed E-state index contributed by atoms with van der Waals surface area (Å²) in [4.78, 5) is 10.7. The summed E-state index contributed by atoms with van der Waals surface area (Å²) < 4.78 is 25.2. The number of nitrogens with zero attached hydrogens (tertiary/aromatic N) is 1. The minimum Gasteiger partial charge on any atom is -0.480 e. The Hall–Kier alpha value is -0.620. The Labute approximate surface area is 96.5 Å². The van der Waals surface area contributed by atoms with Gasteiger partial charge in [-0.25, -0.2) is 12.7 Å². The second-order valence-electron chi connectivity index (χ2n) is 4.63. The van der Waals surface area contributed by atoms with Crippen LogP contribution >= 0.6 is 0 Å². The highest BCUT2D eigenvalue weighted by Crippen LogP contribution is 2.25. The fraction of sp³-hybridized carbons (Fsp3) is 0.900. The number of aliphatic carboxylic acids is 1. The molecule has 1 heterocycles. The summed E-state index contributed by atoms with van der Waals surface area (Å²) in [5.41, 5.74) is 0. The normalized spacial score (nSPS) is 29.9. The van der Waals surface area contributed by atoms with Crippen LogP contribution in [0.5, 0.6) is 0 Å². The van der Waals surface area contributed by atoms with Crippen molar-refractivity contribution in [2.24, 2.45) is 11.8 Å². The lowest BCUT2D eigenvalue weighted by atomic mass is 9.90. The lowest BCUT2D eigenvalue weighted by Crippen LogP contribution is -2.47. The van der Waals surface area contributed by atoms with Crippen molar-refractivity contribution in [2.45, 2.75) is 32.4 Å². The summed E-state index contributed by atoms with van der Waals surface area (Å²) in [7, 11) is -3.68. The van der Waals surface area contributed by atoms with Crippen molar-refractivity contribution >= 4 is 16.0 Å². The van der Waals surface area contributed by atoms with Crippen LogP contribution in [-0.2, 0) is 14.8 Å². The number of piperidine rings is 1. The molecule has 0 aliphatic carbocycles. The van der Waals surface area contributed by atoms with E-state index in [4.69, 9.17) is 5.11 Å². The molecule has 3 unspecified atom stereocenters. The van der Waals surface area contributed by atoms with Crippen molar-refractivity contribution in [2.75, 3.05) is 13.1 Å². The van der Waals surface area contributed by atoms with Crippen LogP contribution in [0.1, 0.15) is 27.2 Å². The number of carboxylic acids is 1. The standard InChI is InChI=1S/C10H19NO4S/c1-7-4-5-11(6-8(7)2)16(14,15)9(3)10(12)13/h7-9H,4-6H2,1-3H3,(H,12,13). The van der Waals surface area contributed by atoms with E-state index in [9.17, 15) is 13.2 Å². The molecule has 16 heavy (non-hydrogen) atoms. The molecule has 1 aliphatic rings. The molecule has 1 fully saturated rings. The van der Waals surface area contributed by atoms with Gasteiger partial charge in [0.25, 0.3) is 0 Å². The average molecular weight is 249 g/mol. The quantitative estimate of drug-likeness (QED) is 0.801. The van der Waals surface area contributed by atoms with Crippen molar-refractivity contribution in [3.8, 4) is 0 Å². The monoisotopic (exact) mass is 249 g/mol. The Balaban J connectivity index is 2.82. The van der Waals surface area contributed by atoms with Gasteiger partial charge in [0.15, 0.2) is 5.25 Å². The zero-order valence-corrected chi connectivity index (χ0v) is 10.7. The van der Waals surface area contributed by atoms with Crippen LogP contribution in [0.3, 0.4) is 0 Å². The van der Waals surface area contributed by atoms with E-state index in [1.807, 2.05) is 6.92 Å². The van der Waals surface area contributed by atoms with Crippen LogP contribution in [0.15, 0.2) is 0 Å². The predicted octanol–water partition coefficient (Wildman–Crippen LogP) is 0.767. The number of hydrogen-bond donors (Lipinski definition) is 1. The molecule has 3 atom stereocenters. The van der Waals surface area contributed by atoms with Crippen LogP contribution in [0.4, 0.5) is 0 Å². The van der Waals surface area contributed by atoms with E-state index >= 15 is 0 Å². The lowest BCUT2D eigenvalue weighted by Gasteiger charge is -2.35. The maximum Gasteiger partial charge on any atom is 0.323 e. The Bertz CT molecular complexity index is 365.